The summed E-state index contributed by atoms with van der Waals surface area (Å²) in [5.74, 6) is 0. The van der Waals surface area contributed by atoms with Crippen LogP contribution in [0.4, 0.5) is 0 Å². The van der Waals surface area contributed by atoms with Crippen LogP contribution in [-0.4, -0.2) is 47.0 Å². The van der Waals surface area contributed by atoms with Crippen molar-refractivity contribution in [3.8, 4) is 0 Å². The Balaban J connectivity index is 2.08. The van der Waals surface area contributed by atoms with Crippen molar-refractivity contribution < 1.29 is 4.74 Å². The van der Waals surface area contributed by atoms with Gasteiger partial charge in [-0.1, -0.05) is 6.92 Å². The first-order valence-electron chi connectivity index (χ1n) is 7.32. The van der Waals surface area contributed by atoms with E-state index in [0.717, 1.165) is 39.1 Å². The number of hydrogen-bond donors (Lipinski definition) is 1. The third-order valence-corrected chi connectivity index (χ3v) is 3.64. The predicted octanol–water partition coefficient (Wildman–Crippen LogP) is 1.40. The Morgan fingerprint density at radius 3 is 3.16 bits per heavy atom. The SMILES string of the molecule is CCCn1cc(C(CN)N2CCCOC(C)C2)cn1. The minimum absolute atomic E-state index is 0.259. The van der Waals surface area contributed by atoms with E-state index in [0.29, 0.717) is 6.54 Å². The maximum Gasteiger partial charge on any atom is 0.0674 e. The van der Waals surface area contributed by atoms with Crippen molar-refractivity contribution in [1.29, 1.82) is 0 Å². The maximum absolute atomic E-state index is 6.00. The normalized spacial score (nSPS) is 23.2. The molecule has 19 heavy (non-hydrogen) atoms. The minimum atomic E-state index is 0.259. The van der Waals surface area contributed by atoms with Gasteiger partial charge in [0.2, 0.25) is 0 Å². The zero-order chi connectivity index (χ0) is 13.7. The summed E-state index contributed by atoms with van der Waals surface area (Å²) in [4.78, 5) is 2.44. The van der Waals surface area contributed by atoms with Crippen molar-refractivity contribution >= 4 is 0 Å². The third kappa shape index (κ3) is 3.78. The fourth-order valence-corrected chi connectivity index (χ4v) is 2.71. The van der Waals surface area contributed by atoms with Gasteiger partial charge < -0.3 is 10.5 Å². The lowest BCUT2D eigenvalue weighted by Gasteiger charge is -2.29. The first-order chi connectivity index (χ1) is 9.24. The molecular formula is C14H26N4O. The van der Waals surface area contributed by atoms with Gasteiger partial charge in [-0.3, -0.25) is 9.58 Å². The van der Waals surface area contributed by atoms with Gasteiger partial charge in [-0.25, -0.2) is 0 Å². The van der Waals surface area contributed by atoms with E-state index in [1.807, 2.05) is 10.9 Å². The predicted molar refractivity (Wildman–Crippen MR) is 75.9 cm³/mol. The second-order valence-electron chi connectivity index (χ2n) is 5.32. The molecule has 1 aromatic rings. The molecule has 1 aromatic heterocycles. The van der Waals surface area contributed by atoms with Crippen molar-refractivity contribution in [3.63, 3.8) is 0 Å². The van der Waals surface area contributed by atoms with Crippen LogP contribution in [-0.2, 0) is 11.3 Å². The van der Waals surface area contributed by atoms with Crippen LogP contribution in [0.5, 0.6) is 0 Å². The molecule has 1 saturated heterocycles. The van der Waals surface area contributed by atoms with Gasteiger partial charge in [0.1, 0.15) is 0 Å². The molecule has 0 amide bonds. The monoisotopic (exact) mass is 266 g/mol. The lowest BCUT2D eigenvalue weighted by Crippen LogP contribution is -2.37. The lowest BCUT2D eigenvalue weighted by atomic mass is 10.1. The van der Waals surface area contributed by atoms with E-state index < -0.39 is 0 Å². The van der Waals surface area contributed by atoms with Crippen LogP contribution in [0.25, 0.3) is 0 Å². The molecule has 2 heterocycles. The van der Waals surface area contributed by atoms with Gasteiger partial charge in [-0.15, -0.1) is 0 Å². The standard InChI is InChI=1S/C14H26N4O/c1-3-5-18-11-13(9-16-18)14(8-15)17-6-4-7-19-12(2)10-17/h9,11-12,14H,3-8,10,15H2,1-2H3. The molecule has 0 aliphatic carbocycles. The summed E-state index contributed by atoms with van der Waals surface area (Å²) in [6.07, 6.45) is 6.55. The lowest BCUT2D eigenvalue weighted by molar-refractivity contribution is 0.0612. The molecule has 2 N–H and O–H groups in total. The Bertz CT molecular complexity index is 379. The van der Waals surface area contributed by atoms with Gasteiger partial charge in [0.15, 0.2) is 0 Å². The van der Waals surface area contributed by atoms with E-state index >= 15 is 0 Å². The molecule has 108 valence electrons. The van der Waals surface area contributed by atoms with Crippen molar-refractivity contribution in [2.24, 2.45) is 5.73 Å². The van der Waals surface area contributed by atoms with Gasteiger partial charge in [0.25, 0.3) is 0 Å². The molecule has 1 aliphatic heterocycles. The smallest absolute Gasteiger partial charge is 0.0674 e. The molecule has 1 aliphatic rings. The van der Waals surface area contributed by atoms with E-state index in [1.165, 1.54) is 5.56 Å². The van der Waals surface area contributed by atoms with Crippen molar-refractivity contribution in [1.82, 2.24) is 14.7 Å². The van der Waals surface area contributed by atoms with E-state index in [-0.39, 0.29) is 12.1 Å². The Hall–Kier alpha value is -0.910. The number of aromatic nitrogens is 2. The molecule has 5 nitrogen and oxygen atoms in total. The number of rotatable bonds is 5. The minimum Gasteiger partial charge on any atom is -0.377 e. The molecule has 0 spiro atoms. The van der Waals surface area contributed by atoms with Crippen LogP contribution in [0, 0.1) is 0 Å². The van der Waals surface area contributed by atoms with Crippen LogP contribution in [0.15, 0.2) is 12.4 Å². The molecule has 1 fully saturated rings. The molecule has 2 atom stereocenters. The van der Waals surface area contributed by atoms with E-state index in [1.54, 1.807) is 0 Å². The van der Waals surface area contributed by atoms with Crippen molar-refractivity contribution in [3.05, 3.63) is 18.0 Å². The molecule has 5 heteroatoms. The zero-order valence-corrected chi connectivity index (χ0v) is 12.1. The average Bonchev–Trinajstić information content (AvgIpc) is 2.73. The molecule has 0 bridgehead atoms. The second kappa shape index (κ2) is 7.03. The number of nitrogens with two attached hydrogens (primary N) is 1. The molecular weight excluding hydrogens is 240 g/mol. The van der Waals surface area contributed by atoms with Gasteiger partial charge in [0, 0.05) is 44.5 Å². The summed E-state index contributed by atoms with van der Waals surface area (Å²) >= 11 is 0. The molecule has 0 aromatic carbocycles. The van der Waals surface area contributed by atoms with Gasteiger partial charge in [0.05, 0.1) is 18.3 Å². The maximum atomic E-state index is 6.00. The number of ether oxygens (including phenoxy) is 1. The first kappa shape index (κ1) is 14.5. The van der Waals surface area contributed by atoms with E-state index in [2.05, 4.69) is 30.0 Å². The average molecular weight is 266 g/mol. The number of nitrogens with zero attached hydrogens (tertiary/aromatic N) is 3. The molecule has 0 saturated carbocycles. The van der Waals surface area contributed by atoms with Crippen LogP contribution < -0.4 is 5.73 Å². The summed E-state index contributed by atoms with van der Waals surface area (Å²) in [5.41, 5.74) is 7.22. The van der Waals surface area contributed by atoms with Crippen LogP contribution in [0.2, 0.25) is 0 Å². The van der Waals surface area contributed by atoms with Gasteiger partial charge >= 0.3 is 0 Å². The summed E-state index contributed by atoms with van der Waals surface area (Å²) < 4.78 is 7.71. The fraction of sp³-hybridized carbons (Fsp3) is 0.786. The van der Waals surface area contributed by atoms with Gasteiger partial charge in [-0.05, 0) is 19.8 Å². The number of hydrogen-bond acceptors (Lipinski definition) is 4. The summed E-state index contributed by atoms with van der Waals surface area (Å²) in [5, 5.41) is 4.42. The van der Waals surface area contributed by atoms with E-state index in [9.17, 15) is 0 Å². The summed E-state index contributed by atoms with van der Waals surface area (Å²) in [7, 11) is 0. The number of aryl methyl sites for hydroxylation is 1. The topological polar surface area (TPSA) is 56.3 Å². The first-order valence-corrected chi connectivity index (χ1v) is 7.32. The quantitative estimate of drug-likeness (QED) is 0.875. The molecule has 2 rings (SSSR count). The van der Waals surface area contributed by atoms with Crippen LogP contribution in [0.3, 0.4) is 0 Å². The van der Waals surface area contributed by atoms with Gasteiger partial charge in [-0.2, -0.15) is 5.10 Å². The van der Waals surface area contributed by atoms with Crippen LogP contribution >= 0.6 is 0 Å². The highest BCUT2D eigenvalue weighted by molar-refractivity contribution is 5.11. The van der Waals surface area contributed by atoms with Crippen LogP contribution in [0.1, 0.15) is 38.3 Å². The fourth-order valence-electron chi connectivity index (χ4n) is 2.71. The molecule has 0 radical (unpaired) electrons. The highest BCUT2D eigenvalue weighted by Gasteiger charge is 2.24. The Morgan fingerprint density at radius 2 is 2.42 bits per heavy atom. The summed E-state index contributed by atoms with van der Waals surface area (Å²) in [6.45, 7) is 8.74. The zero-order valence-electron chi connectivity index (χ0n) is 12.1. The van der Waals surface area contributed by atoms with E-state index in [4.69, 9.17) is 10.5 Å². The second-order valence-corrected chi connectivity index (χ2v) is 5.32. The Kier molecular flexibility index (Phi) is 5.36. The summed E-state index contributed by atoms with van der Waals surface area (Å²) in [6, 6.07) is 0.259. The highest BCUT2D eigenvalue weighted by Crippen LogP contribution is 2.22. The van der Waals surface area contributed by atoms with Crippen molar-refractivity contribution in [2.45, 2.75) is 45.4 Å². The highest BCUT2D eigenvalue weighted by atomic mass is 16.5. The molecule has 2 unspecified atom stereocenters. The van der Waals surface area contributed by atoms with Crippen molar-refractivity contribution in [2.75, 3.05) is 26.2 Å². The third-order valence-electron chi connectivity index (χ3n) is 3.64. The largest absolute Gasteiger partial charge is 0.377 e. The Morgan fingerprint density at radius 1 is 1.58 bits per heavy atom. The Labute approximate surface area is 115 Å².